The first-order chi connectivity index (χ1) is 6.57. The average Bonchev–Trinajstić information content (AvgIpc) is 2.12. The highest BCUT2D eigenvalue weighted by molar-refractivity contribution is 5.82. The molecule has 0 aliphatic rings. The summed E-state index contributed by atoms with van der Waals surface area (Å²) in [6.45, 7) is 3.81. The van der Waals surface area contributed by atoms with Crippen molar-refractivity contribution < 1.29 is 14.7 Å². The van der Waals surface area contributed by atoms with Crippen LogP contribution >= 0.6 is 0 Å². The Balaban J connectivity index is 3.60. The largest absolute Gasteiger partial charge is 0.480 e. The summed E-state index contributed by atoms with van der Waals surface area (Å²) in [5, 5.41) is 13.3. The molecule has 0 spiro atoms. The number of urea groups is 1. The maximum atomic E-state index is 11.0. The molecule has 0 bridgehead atoms. The van der Waals surface area contributed by atoms with Crippen molar-refractivity contribution in [3.05, 3.63) is 12.2 Å². The molecule has 0 heterocycles. The molecule has 0 aromatic carbocycles. The molecule has 1 atom stereocenters. The number of hydrogen-bond donors (Lipinski definition) is 3. The third-order valence-electron chi connectivity index (χ3n) is 1.55. The van der Waals surface area contributed by atoms with Crippen molar-refractivity contribution in [1.29, 1.82) is 0 Å². The molecule has 0 fully saturated rings. The molecule has 0 aromatic heterocycles. The number of rotatable bonds is 5. The fraction of sp³-hybridized carbons (Fsp3) is 0.556. The smallest absolute Gasteiger partial charge is 0.325 e. The lowest BCUT2D eigenvalue weighted by atomic mass is 10.3. The zero-order valence-electron chi connectivity index (χ0n) is 8.41. The molecule has 0 aliphatic heterocycles. The van der Waals surface area contributed by atoms with Gasteiger partial charge in [0.05, 0.1) is 0 Å². The minimum Gasteiger partial charge on any atom is -0.480 e. The van der Waals surface area contributed by atoms with Crippen molar-refractivity contribution in [3.8, 4) is 0 Å². The quantitative estimate of drug-likeness (QED) is 0.452. The first-order valence-corrected chi connectivity index (χ1v) is 4.46. The van der Waals surface area contributed by atoms with Gasteiger partial charge in [0.1, 0.15) is 6.04 Å². The Morgan fingerprint density at radius 3 is 2.64 bits per heavy atom. The molecule has 14 heavy (non-hydrogen) atoms. The van der Waals surface area contributed by atoms with Crippen LogP contribution in [0.4, 0.5) is 4.79 Å². The molecule has 0 rings (SSSR count). The molecule has 0 saturated heterocycles. The fourth-order valence-electron chi connectivity index (χ4n) is 0.745. The minimum absolute atomic E-state index is 0.454. The van der Waals surface area contributed by atoms with Crippen LogP contribution in [0.2, 0.25) is 0 Å². The SMILES string of the molecule is C/C=C/CCNC(=O)N[C@@H](C)C(=O)O. The molecule has 3 N–H and O–H groups in total. The number of nitrogens with one attached hydrogen (secondary N) is 2. The van der Waals surface area contributed by atoms with E-state index in [2.05, 4.69) is 10.6 Å². The van der Waals surface area contributed by atoms with Crippen LogP contribution in [-0.2, 0) is 4.79 Å². The molecule has 80 valence electrons. The molecular formula is C9H16N2O3. The van der Waals surface area contributed by atoms with Gasteiger partial charge >= 0.3 is 12.0 Å². The van der Waals surface area contributed by atoms with Crippen LogP contribution in [-0.4, -0.2) is 29.7 Å². The van der Waals surface area contributed by atoms with Crippen molar-refractivity contribution in [2.24, 2.45) is 0 Å². The second-order valence-corrected chi connectivity index (χ2v) is 2.82. The normalized spacial score (nSPS) is 12.4. The van der Waals surface area contributed by atoms with Gasteiger partial charge in [-0.2, -0.15) is 0 Å². The first kappa shape index (κ1) is 12.5. The molecule has 0 aliphatic carbocycles. The molecule has 2 amide bonds. The molecule has 0 radical (unpaired) electrons. The van der Waals surface area contributed by atoms with Gasteiger partial charge in [-0.25, -0.2) is 4.79 Å². The lowest BCUT2D eigenvalue weighted by Gasteiger charge is -2.09. The Hall–Kier alpha value is -1.52. The van der Waals surface area contributed by atoms with E-state index in [9.17, 15) is 9.59 Å². The summed E-state index contributed by atoms with van der Waals surface area (Å²) >= 11 is 0. The van der Waals surface area contributed by atoms with Crippen LogP contribution in [0.5, 0.6) is 0 Å². The van der Waals surface area contributed by atoms with E-state index in [0.717, 1.165) is 6.42 Å². The van der Waals surface area contributed by atoms with Gasteiger partial charge in [0.15, 0.2) is 0 Å². The summed E-state index contributed by atoms with van der Waals surface area (Å²) in [5.41, 5.74) is 0. The second kappa shape index (κ2) is 6.94. The van der Waals surface area contributed by atoms with Gasteiger partial charge in [-0.15, -0.1) is 0 Å². The average molecular weight is 200 g/mol. The van der Waals surface area contributed by atoms with E-state index in [4.69, 9.17) is 5.11 Å². The van der Waals surface area contributed by atoms with E-state index in [0.29, 0.717) is 6.54 Å². The van der Waals surface area contributed by atoms with Crippen LogP contribution < -0.4 is 10.6 Å². The minimum atomic E-state index is -1.05. The third-order valence-corrected chi connectivity index (χ3v) is 1.55. The number of hydrogen-bond acceptors (Lipinski definition) is 2. The third kappa shape index (κ3) is 6.05. The summed E-state index contributed by atoms with van der Waals surface area (Å²) in [5.74, 6) is -1.05. The Bertz CT molecular complexity index is 226. The lowest BCUT2D eigenvalue weighted by molar-refractivity contribution is -0.138. The van der Waals surface area contributed by atoms with Crippen molar-refractivity contribution >= 4 is 12.0 Å². The topological polar surface area (TPSA) is 78.4 Å². The van der Waals surface area contributed by atoms with Crippen LogP contribution in [0.25, 0.3) is 0 Å². The maximum absolute atomic E-state index is 11.0. The highest BCUT2D eigenvalue weighted by Gasteiger charge is 2.12. The first-order valence-electron chi connectivity index (χ1n) is 4.46. The Morgan fingerprint density at radius 2 is 2.14 bits per heavy atom. The van der Waals surface area contributed by atoms with E-state index >= 15 is 0 Å². The van der Waals surface area contributed by atoms with E-state index in [-0.39, 0.29) is 0 Å². The Kier molecular flexibility index (Phi) is 6.19. The molecule has 5 nitrogen and oxygen atoms in total. The molecular weight excluding hydrogens is 184 g/mol. The number of carbonyl (C=O) groups excluding carboxylic acids is 1. The van der Waals surface area contributed by atoms with Crippen LogP contribution in [0.1, 0.15) is 20.3 Å². The summed E-state index contributed by atoms with van der Waals surface area (Å²) < 4.78 is 0. The Morgan fingerprint density at radius 1 is 1.50 bits per heavy atom. The Labute approximate surface area is 83.2 Å². The molecule has 5 heteroatoms. The number of amides is 2. The van der Waals surface area contributed by atoms with E-state index in [1.807, 2.05) is 19.1 Å². The van der Waals surface area contributed by atoms with Crippen LogP contribution in [0.15, 0.2) is 12.2 Å². The van der Waals surface area contributed by atoms with Crippen molar-refractivity contribution in [1.82, 2.24) is 10.6 Å². The van der Waals surface area contributed by atoms with Gasteiger partial charge in [-0.1, -0.05) is 12.2 Å². The maximum Gasteiger partial charge on any atom is 0.325 e. The van der Waals surface area contributed by atoms with E-state index in [1.165, 1.54) is 6.92 Å². The lowest BCUT2D eigenvalue weighted by Crippen LogP contribution is -2.44. The van der Waals surface area contributed by atoms with E-state index < -0.39 is 18.0 Å². The summed E-state index contributed by atoms with van der Waals surface area (Å²) in [4.78, 5) is 21.4. The van der Waals surface area contributed by atoms with Crippen LogP contribution in [0.3, 0.4) is 0 Å². The van der Waals surface area contributed by atoms with Gasteiger partial charge in [0, 0.05) is 6.54 Å². The molecule has 0 unspecified atom stereocenters. The second-order valence-electron chi connectivity index (χ2n) is 2.82. The number of carboxylic acids is 1. The van der Waals surface area contributed by atoms with Crippen molar-refractivity contribution in [2.75, 3.05) is 6.54 Å². The number of carbonyl (C=O) groups is 2. The number of aliphatic carboxylic acids is 1. The summed E-state index contributed by atoms with van der Waals surface area (Å²) in [7, 11) is 0. The summed E-state index contributed by atoms with van der Waals surface area (Å²) in [6, 6.07) is -1.32. The predicted octanol–water partition coefficient (Wildman–Crippen LogP) is 0.725. The molecule has 0 aromatic rings. The monoisotopic (exact) mass is 200 g/mol. The number of allylic oxidation sites excluding steroid dienone is 1. The summed E-state index contributed by atoms with van der Waals surface area (Å²) in [6.07, 6.45) is 4.55. The predicted molar refractivity (Wildman–Crippen MR) is 53.1 cm³/mol. The van der Waals surface area contributed by atoms with Crippen molar-refractivity contribution in [2.45, 2.75) is 26.3 Å². The zero-order valence-corrected chi connectivity index (χ0v) is 8.41. The highest BCUT2D eigenvalue weighted by atomic mass is 16.4. The standard InChI is InChI=1S/C9H16N2O3/c1-3-4-5-6-10-9(14)11-7(2)8(12)13/h3-4,7H,5-6H2,1-2H3,(H,12,13)(H2,10,11,14)/b4-3+/t7-/m0/s1. The van der Waals surface area contributed by atoms with Gasteiger partial charge in [0.2, 0.25) is 0 Å². The van der Waals surface area contributed by atoms with Gasteiger partial charge < -0.3 is 15.7 Å². The highest BCUT2D eigenvalue weighted by Crippen LogP contribution is 1.82. The fourth-order valence-corrected chi connectivity index (χ4v) is 0.745. The van der Waals surface area contributed by atoms with Gasteiger partial charge in [-0.05, 0) is 20.3 Å². The van der Waals surface area contributed by atoms with Crippen LogP contribution in [0, 0.1) is 0 Å². The van der Waals surface area contributed by atoms with Gasteiger partial charge in [0.25, 0.3) is 0 Å². The number of carboxylic acid groups (broad SMARTS) is 1. The van der Waals surface area contributed by atoms with Crippen molar-refractivity contribution in [3.63, 3.8) is 0 Å². The van der Waals surface area contributed by atoms with E-state index in [1.54, 1.807) is 0 Å². The van der Waals surface area contributed by atoms with Gasteiger partial charge in [-0.3, -0.25) is 4.79 Å². The molecule has 0 saturated carbocycles. The zero-order chi connectivity index (χ0) is 11.0.